The van der Waals surface area contributed by atoms with E-state index < -0.39 is 0 Å². The van der Waals surface area contributed by atoms with E-state index in [9.17, 15) is 0 Å². The van der Waals surface area contributed by atoms with Gasteiger partial charge in [0, 0.05) is 5.92 Å². The SMILES string of the molecule is C#CC1C(C)C1CCCC. The van der Waals surface area contributed by atoms with Crippen molar-refractivity contribution in [3.8, 4) is 12.3 Å². The number of hydrogen-bond donors (Lipinski definition) is 0. The predicted molar refractivity (Wildman–Crippen MR) is 44.5 cm³/mol. The van der Waals surface area contributed by atoms with E-state index in [2.05, 4.69) is 19.8 Å². The zero-order valence-electron chi connectivity index (χ0n) is 6.93. The molecule has 0 aromatic carbocycles. The van der Waals surface area contributed by atoms with Gasteiger partial charge in [0.1, 0.15) is 0 Å². The van der Waals surface area contributed by atoms with Crippen molar-refractivity contribution < 1.29 is 0 Å². The smallest absolute Gasteiger partial charge is 0.0260 e. The van der Waals surface area contributed by atoms with Gasteiger partial charge < -0.3 is 0 Å². The summed E-state index contributed by atoms with van der Waals surface area (Å²) in [5, 5.41) is 0. The summed E-state index contributed by atoms with van der Waals surface area (Å²) in [5.74, 6) is 5.15. The van der Waals surface area contributed by atoms with Crippen LogP contribution >= 0.6 is 0 Å². The second-order valence-corrected chi connectivity index (χ2v) is 3.36. The van der Waals surface area contributed by atoms with Gasteiger partial charge in [0.15, 0.2) is 0 Å². The Hall–Kier alpha value is -0.440. The lowest BCUT2D eigenvalue weighted by Crippen LogP contribution is -1.79. The van der Waals surface area contributed by atoms with Crippen LogP contribution in [0.3, 0.4) is 0 Å². The van der Waals surface area contributed by atoms with Crippen LogP contribution in [0.25, 0.3) is 0 Å². The third-order valence-corrected chi connectivity index (χ3v) is 2.65. The van der Waals surface area contributed by atoms with Gasteiger partial charge in [0.2, 0.25) is 0 Å². The monoisotopic (exact) mass is 136 g/mol. The van der Waals surface area contributed by atoms with Crippen molar-refractivity contribution >= 4 is 0 Å². The molecule has 0 radical (unpaired) electrons. The molecular formula is C10H16. The Labute approximate surface area is 64.0 Å². The minimum Gasteiger partial charge on any atom is -0.120 e. The molecule has 0 saturated heterocycles. The molecule has 0 aromatic rings. The maximum atomic E-state index is 5.34. The summed E-state index contributed by atoms with van der Waals surface area (Å²) >= 11 is 0. The van der Waals surface area contributed by atoms with Crippen LogP contribution in [0.15, 0.2) is 0 Å². The van der Waals surface area contributed by atoms with E-state index in [4.69, 9.17) is 6.42 Å². The van der Waals surface area contributed by atoms with Crippen molar-refractivity contribution in [3.63, 3.8) is 0 Å². The molecule has 1 fully saturated rings. The molecule has 56 valence electrons. The van der Waals surface area contributed by atoms with Crippen molar-refractivity contribution in [1.82, 2.24) is 0 Å². The van der Waals surface area contributed by atoms with Crippen molar-refractivity contribution in [1.29, 1.82) is 0 Å². The zero-order chi connectivity index (χ0) is 7.56. The summed E-state index contributed by atoms with van der Waals surface area (Å²) in [4.78, 5) is 0. The van der Waals surface area contributed by atoms with E-state index in [1.54, 1.807) is 0 Å². The fourth-order valence-electron chi connectivity index (χ4n) is 1.70. The van der Waals surface area contributed by atoms with Gasteiger partial charge in [-0.1, -0.05) is 26.7 Å². The lowest BCUT2D eigenvalue weighted by molar-refractivity contribution is 0.614. The van der Waals surface area contributed by atoms with Crippen LogP contribution in [0.5, 0.6) is 0 Å². The molecular weight excluding hydrogens is 120 g/mol. The van der Waals surface area contributed by atoms with E-state index >= 15 is 0 Å². The Morgan fingerprint density at radius 1 is 1.50 bits per heavy atom. The van der Waals surface area contributed by atoms with Crippen LogP contribution < -0.4 is 0 Å². The highest BCUT2D eigenvalue weighted by molar-refractivity contribution is 5.11. The normalized spacial score (nSPS) is 37.1. The number of unbranched alkanes of at least 4 members (excludes halogenated alkanes) is 1. The molecule has 0 aromatic heterocycles. The van der Waals surface area contributed by atoms with Crippen molar-refractivity contribution in [2.45, 2.75) is 33.1 Å². The summed E-state index contributed by atoms with van der Waals surface area (Å²) in [6.45, 7) is 4.50. The zero-order valence-corrected chi connectivity index (χ0v) is 6.93. The van der Waals surface area contributed by atoms with Gasteiger partial charge >= 0.3 is 0 Å². The van der Waals surface area contributed by atoms with Crippen LogP contribution in [0.2, 0.25) is 0 Å². The second kappa shape index (κ2) is 3.10. The molecule has 3 unspecified atom stereocenters. The molecule has 0 bridgehead atoms. The number of rotatable bonds is 3. The molecule has 0 aliphatic heterocycles. The standard InChI is InChI=1S/C10H16/c1-4-6-7-10-8(3)9(10)5-2/h2,8-10H,4,6-7H2,1,3H3. The van der Waals surface area contributed by atoms with Crippen LogP contribution in [-0.2, 0) is 0 Å². The first-order valence-electron chi connectivity index (χ1n) is 4.27. The Morgan fingerprint density at radius 3 is 2.60 bits per heavy atom. The molecule has 3 atom stereocenters. The topological polar surface area (TPSA) is 0 Å². The quantitative estimate of drug-likeness (QED) is 0.523. The Kier molecular flexibility index (Phi) is 2.38. The molecule has 0 spiro atoms. The van der Waals surface area contributed by atoms with Crippen molar-refractivity contribution in [2.24, 2.45) is 17.8 Å². The molecule has 0 N–H and O–H groups in total. The van der Waals surface area contributed by atoms with Gasteiger partial charge in [0.05, 0.1) is 0 Å². The van der Waals surface area contributed by atoms with E-state index in [-0.39, 0.29) is 0 Å². The van der Waals surface area contributed by atoms with Crippen LogP contribution in [0, 0.1) is 30.1 Å². The van der Waals surface area contributed by atoms with E-state index in [1.807, 2.05) is 0 Å². The Bertz CT molecular complexity index is 141. The van der Waals surface area contributed by atoms with Crippen molar-refractivity contribution in [2.75, 3.05) is 0 Å². The van der Waals surface area contributed by atoms with Gasteiger partial charge in [-0.25, -0.2) is 0 Å². The second-order valence-electron chi connectivity index (χ2n) is 3.36. The van der Waals surface area contributed by atoms with Crippen molar-refractivity contribution in [3.05, 3.63) is 0 Å². The fraction of sp³-hybridized carbons (Fsp3) is 0.800. The third kappa shape index (κ3) is 1.34. The first-order valence-corrected chi connectivity index (χ1v) is 4.27. The maximum absolute atomic E-state index is 5.34. The van der Waals surface area contributed by atoms with E-state index in [0.717, 1.165) is 11.8 Å². The molecule has 0 heterocycles. The molecule has 0 amide bonds. The summed E-state index contributed by atoms with van der Waals surface area (Å²) in [6.07, 6.45) is 9.35. The van der Waals surface area contributed by atoms with Crippen LogP contribution in [0.4, 0.5) is 0 Å². The first-order chi connectivity index (χ1) is 4.81. The van der Waals surface area contributed by atoms with Gasteiger partial charge in [-0.15, -0.1) is 12.3 Å². The molecule has 10 heavy (non-hydrogen) atoms. The highest BCUT2D eigenvalue weighted by Crippen LogP contribution is 2.48. The summed E-state index contributed by atoms with van der Waals surface area (Å²) in [7, 11) is 0. The third-order valence-electron chi connectivity index (χ3n) is 2.65. The molecule has 0 nitrogen and oxygen atoms in total. The number of terminal acetylenes is 1. The predicted octanol–water partition coefficient (Wildman–Crippen LogP) is 2.69. The minimum atomic E-state index is 0.617. The lowest BCUT2D eigenvalue weighted by Gasteiger charge is -1.92. The summed E-state index contributed by atoms with van der Waals surface area (Å²) in [6, 6.07) is 0. The first kappa shape index (κ1) is 7.66. The number of hydrogen-bond acceptors (Lipinski definition) is 0. The summed E-state index contributed by atoms with van der Waals surface area (Å²) in [5.41, 5.74) is 0. The summed E-state index contributed by atoms with van der Waals surface area (Å²) < 4.78 is 0. The largest absolute Gasteiger partial charge is 0.120 e. The molecule has 1 saturated carbocycles. The lowest BCUT2D eigenvalue weighted by atomic mass is 10.1. The van der Waals surface area contributed by atoms with Gasteiger partial charge in [-0.3, -0.25) is 0 Å². The molecule has 0 heteroatoms. The minimum absolute atomic E-state index is 0.617. The molecule has 1 rings (SSSR count). The highest BCUT2D eigenvalue weighted by Gasteiger charge is 2.44. The van der Waals surface area contributed by atoms with E-state index in [0.29, 0.717) is 5.92 Å². The molecule has 1 aliphatic rings. The van der Waals surface area contributed by atoms with E-state index in [1.165, 1.54) is 19.3 Å². The van der Waals surface area contributed by atoms with Crippen LogP contribution in [0.1, 0.15) is 33.1 Å². The van der Waals surface area contributed by atoms with Crippen LogP contribution in [-0.4, -0.2) is 0 Å². The Morgan fingerprint density at radius 2 is 2.20 bits per heavy atom. The van der Waals surface area contributed by atoms with Gasteiger partial charge in [0.25, 0.3) is 0 Å². The Balaban J connectivity index is 2.16. The fourth-order valence-corrected chi connectivity index (χ4v) is 1.70. The highest BCUT2D eigenvalue weighted by atomic mass is 14.5. The maximum Gasteiger partial charge on any atom is 0.0260 e. The van der Waals surface area contributed by atoms with Gasteiger partial charge in [-0.2, -0.15) is 0 Å². The molecule has 1 aliphatic carbocycles. The van der Waals surface area contributed by atoms with Gasteiger partial charge in [-0.05, 0) is 18.3 Å². The average Bonchev–Trinajstić information content (AvgIpc) is 2.56. The average molecular weight is 136 g/mol.